The number of hydrogen-bond donors (Lipinski definition) is 1. The molecule has 0 bridgehead atoms. The van der Waals surface area contributed by atoms with Crippen LogP contribution in [0.4, 0.5) is 5.69 Å². The number of nitrogens with zero attached hydrogens (tertiary/aromatic N) is 1. The molecule has 1 unspecified atom stereocenters. The minimum atomic E-state index is 0.425. The molecule has 1 aliphatic rings. The zero-order chi connectivity index (χ0) is 11.4. The van der Waals surface area contributed by atoms with Crippen molar-refractivity contribution in [2.24, 2.45) is 4.99 Å². The van der Waals surface area contributed by atoms with E-state index in [9.17, 15) is 0 Å². The van der Waals surface area contributed by atoms with Crippen LogP contribution in [0.25, 0.3) is 0 Å². The Morgan fingerprint density at radius 2 is 2.38 bits per heavy atom. The van der Waals surface area contributed by atoms with Crippen molar-refractivity contribution in [2.75, 3.05) is 18.2 Å². The Hall–Kier alpha value is -1.16. The van der Waals surface area contributed by atoms with Gasteiger partial charge in [0.05, 0.1) is 13.2 Å². The average molecular weight is 236 g/mol. The molecule has 86 valence electrons. The number of amidine groups is 1. The normalized spacial score (nSPS) is 20.1. The molecule has 4 heteroatoms. The van der Waals surface area contributed by atoms with Gasteiger partial charge < -0.3 is 10.1 Å². The molecule has 0 aromatic heterocycles. The lowest BCUT2D eigenvalue weighted by atomic mass is 10.3. The van der Waals surface area contributed by atoms with Crippen molar-refractivity contribution >= 4 is 22.6 Å². The highest BCUT2D eigenvalue weighted by atomic mass is 32.2. The minimum absolute atomic E-state index is 0.425. The molecule has 1 N–H and O–H groups in total. The van der Waals surface area contributed by atoms with E-state index in [1.165, 1.54) is 0 Å². The quantitative estimate of drug-likeness (QED) is 0.857. The first-order valence-corrected chi connectivity index (χ1v) is 6.38. The lowest BCUT2D eigenvalue weighted by Gasteiger charge is -2.17. The fourth-order valence-electron chi connectivity index (χ4n) is 1.52. The second-order valence-electron chi connectivity index (χ2n) is 3.78. The molecule has 0 radical (unpaired) electrons. The average Bonchev–Trinajstić information content (AvgIpc) is 2.29. The van der Waals surface area contributed by atoms with Crippen LogP contribution in [0.1, 0.15) is 13.3 Å². The van der Waals surface area contributed by atoms with Crippen LogP contribution in [0.2, 0.25) is 0 Å². The van der Waals surface area contributed by atoms with Crippen LogP contribution in [0, 0.1) is 0 Å². The molecule has 0 fully saturated rings. The second kappa shape index (κ2) is 5.25. The number of benzene rings is 1. The first-order chi connectivity index (χ1) is 7.78. The van der Waals surface area contributed by atoms with Crippen LogP contribution >= 0.6 is 11.8 Å². The maximum Gasteiger partial charge on any atom is 0.161 e. The number of thioether (sulfide) groups is 1. The van der Waals surface area contributed by atoms with Crippen LogP contribution in [0.5, 0.6) is 5.75 Å². The number of hydrogen-bond acceptors (Lipinski definition) is 4. The summed E-state index contributed by atoms with van der Waals surface area (Å²) in [7, 11) is 1.67. The van der Waals surface area contributed by atoms with Crippen LogP contribution in [0.3, 0.4) is 0 Å². The summed E-state index contributed by atoms with van der Waals surface area (Å²) in [5.74, 6) is 2.00. The van der Waals surface area contributed by atoms with Gasteiger partial charge in [-0.3, -0.25) is 4.99 Å². The minimum Gasteiger partial charge on any atom is -0.497 e. The van der Waals surface area contributed by atoms with Crippen molar-refractivity contribution in [3.8, 4) is 5.75 Å². The largest absolute Gasteiger partial charge is 0.497 e. The molecule has 16 heavy (non-hydrogen) atoms. The molecule has 1 atom stereocenters. The summed E-state index contributed by atoms with van der Waals surface area (Å²) < 4.78 is 5.18. The number of anilines is 1. The van der Waals surface area contributed by atoms with Crippen molar-refractivity contribution in [3.05, 3.63) is 24.3 Å². The maximum absolute atomic E-state index is 5.18. The van der Waals surface area contributed by atoms with Crippen LogP contribution in [-0.2, 0) is 0 Å². The summed E-state index contributed by atoms with van der Waals surface area (Å²) >= 11 is 1.77. The third kappa shape index (κ3) is 2.92. The first-order valence-electron chi connectivity index (χ1n) is 5.39. The lowest BCUT2D eigenvalue weighted by Crippen LogP contribution is -2.17. The molecule has 1 aromatic rings. The van der Waals surface area contributed by atoms with Crippen molar-refractivity contribution in [1.82, 2.24) is 0 Å². The van der Waals surface area contributed by atoms with Gasteiger partial charge in [0.15, 0.2) is 5.17 Å². The van der Waals surface area contributed by atoms with Gasteiger partial charge in [-0.1, -0.05) is 17.8 Å². The highest BCUT2D eigenvalue weighted by Gasteiger charge is 2.11. The van der Waals surface area contributed by atoms with E-state index in [4.69, 9.17) is 4.74 Å². The van der Waals surface area contributed by atoms with Crippen molar-refractivity contribution in [3.63, 3.8) is 0 Å². The lowest BCUT2D eigenvalue weighted by molar-refractivity contribution is 0.415. The Kier molecular flexibility index (Phi) is 3.72. The Morgan fingerprint density at radius 3 is 3.12 bits per heavy atom. The SMILES string of the molecule is COc1cccc(NC2=NC(C)CCS2)c1. The molecular weight excluding hydrogens is 220 g/mol. The highest BCUT2D eigenvalue weighted by molar-refractivity contribution is 8.14. The van der Waals surface area contributed by atoms with Gasteiger partial charge in [0.1, 0.15) is 5.75 Å². The fraction of sp³-hybridized carbons (Fsp3) is 0.417. The van der Waals surface area contributed by atoms with Gasteiger partial charge in [-0.15, -0.1) is 0 Å². The summed E-state index contributed by atoms with van der Waals surface area (Å²) in [5, 5.41) is 4.33. The topological polar surface area (TPSA) is 33.6 Å². The van der Waals surface area contributed by atoms with Crippen LogP contribution in [0.15, 0.2) is 29.3 Å². The molecule has 0 saturated heterocycles. The molecule has 1 heterocycles. The molecule has 0 aliphatic carbocycles. The Balaban J connectivity index is 2.08. The summed E-state index contributed by atoms with van der Waals surface area (Å²) in [6.07, 6.45) is 1.16. The van der Waals surface area contributed by atoms with E-state index in [-0.39, 0.29) is 0 Å². The summed E-state index contributed by atoms with van der Waals surface area (Å²) in [6, 6.07) is 8.32. The van der Waals surface area contributed by atoms with E-state index in [0.717, 1.165) is 28.8 Å². The van der Waals surface area contributed by atoms with E-state index in [0.29, 0.717) is 6.04 Å². The molecule has 1 aliphatic heterocycles. The van der Waals surface area contributed by atoms with E-state index in [1.54, 1.807) is 18.9 Å². The molecular formula is C12H16N2OS. The Labute approximate surface area is 100 Å². The van der Waals surface area contributed by atoms with Crippen LogP contribution < -0.4 is 10.1 Å². The van der Waals surface area contributed by atoms with E-state index >= 15 is 0 Å². The number of ether oxygens (including phenoxy) is 1. The van der Waals surface area contributed by atoms with Gasteiger partial charge in [0.25, 0.3) is 0 Å². The molecule has 0 spiro atoms. The third-order valence-corrected chi connectivity index (χ3v) is 3.35. The van der Waals surface area contributed by atoms with Gasteiger partial charge in [-0.2, -0.15) is 0 Å². The van der Waals surface area contributed by atoms with Crippen LogP contribution in [-0.4, -0.2) is 24.1 Å². The fourth-order valence-corrected chi connectivity index (χ4v) is 2.62. The molecule has 2 rings (SSSR count). The smallest absolute Gasteiger partial charge is 0.161 e. The van der Waals surface area contributed by atoms with Crippen molar-refractivity contribution < 1.29 is 4.74 Å². The zero-order valence-electron chi connectivity index (χ0n) is 9.56. The summed E-state index contributed by atoms with van der Waals surface area (Å²) in [5.41, 5.74) is 1.03. The van der Waals surface area contributed by atoms with Crippen molar-refractivity contribution in [2.45, 2.75) is 19.4 Å². The molecule has 0 amide bonds. The molecule has 3 nitrogen and oxygen atoms in total. The van der Waals surface area contributed by atoms with Gasteiger partial charge in [-0.05, 0) is 25.5 Å². The summed E-state index contributed by atoms with van der Waals surface area (Å²) in [4.78, 5) is 4.56. The van der Waals surface area contributed by atoms with Crippen molar-refractivity contribution in [1.29, 1.82) is 0 Å². The predicted molar refractivity (Wildman–Crippen MR) is 70.6 cm³/mol. The first kappa shape index (κ1) is 11.3. The standard InChI is InChI=1S/C12H16N2OS/c1-9-6-7-16-12(13-9)14-10-4-3-5-11(8-10)15-2/h3-5,8-9H,6-7H2,1-2H3,(H,13,14). The number of rotatable bonds is 2. The number of methoxy groups -OCH3 is 1. The van der Waals surface area contributed by atoms with Gasteiger partial charge >= 0.3 is 0 Å². The zero-order valence-corrected chi connectivity index (χ0v) is 10.4. The number of nitrogens with one attached hydrogen (secondary N) is 1. The van der Waals surface area contributed by atoms with E-state index in [2.05, 4.69) is 17.2 Å². The van der Waals surface area contributed by atoms with Gasteiger partial charge in [0.2, 0.25) is 0 Å². The van der Waals surface area contributed by atoms with Gasteiger partial charge in [0, 0.05) is 17.5 Å². The predicted octanol–water partition coefficient (Wildman–Crippen LogP) is 2.99. The van der Waals surface area contributed by atoms with E-state index in [1.807, 2.05) is 24.3 Å². The van der Waals surface area contributed by atoms with Gasteiger partial charge in [-0.25, -0.2) is 0 Å². The monoisotopic (exact) mass is 236 g/mol. The Bertz CT molecular complexity index is 392. The maximum atomic E-state index is 5.18. The highest BCUT2D eigenvalue weighted by Crippen LogP contribution is 2.21. The second-order valence-corrected chi connectivity index (χ2v) is 4.86. The molecule has 1 aromatic carbocycles. The third-order valence-electron chi connectivity index (χ3n) is 2.43. The Morgan fingerprint density at radius 1 is 1.50 bits per heavy atom. The molecule has 0 saturated carbocycles. The number of aliphatic imine (C=N–C) groups is 1. The summed E-state index contributed by atoms with van der Waals surface area (Å²) in [6.45, 7) is 2.15. The van der Waals surface area contributed by atoms with E-state index < -0.39 is 0 Å².